The standard InChI is InChI=1S/C39H31N7O5S3/c1-51-44-31(29-22-54-38(41-29)43-39(25-11-5-2-6-12-25,26-13-7-3-8-14-26)27-15-9-4-10-16-27)34(47)42-32-35(48)46-33(37(49)50)24(20-53-36(32)46)17-18-28-21-52-30-19-40-23-45(28)30/h2-19,21-23,32,36H,20H2,1H3,(H,41,43)(H,42,47)(H,49,50)/b18-17?,44-31-/t32-,36-/m1/s1. The summed E-state index contributed by atoms with van der Waals surface area (Å²) in [6, 6.07) is 29.2. The number of nitrogens with zero attached hydrogens (tertiary/aromatic N) is 5. The van der Waals surface area contributed by atoms with Crippen LogP contribution < -0.4 is 10.6 Å². The Morgan fingerprint density at radius 1 is 0.944 bits per heavy atom. The molecule has 54 heavy (non-hydrogen) atoms. The van der Waals surface area contributed by atoms with Crippen LogP contribution in [0.25, 0.3) is 10.9 Å². The molecule has 1 fully saturated rings. The van der Waals surface area contributed by atoms with Crippen LogP contribution in [-0.4, -0.2) is 72.1 Å². The smallest absolute Gasteiger partial charge is 0.352 e. The Kier molecular flexibility index (Phi) is 9.58. The van der Waals surface area contributed by atoms with Gasteiger partial charge in [0.1, 0.15) is 46.6 Å². The lowest BCUT2D eigenvalue weighted by Gasteiger charge is -2.49. The quantitative estimate of drug-likeness (QED) is 0.0584. The SMILES string of the molecule is CO/N=C(\C(=O)N[C@@H]1C(=O)N2C(C(=O)O)=C(C=Cc3csc4cncn34)CS[C@H]12)c1csc(NC(c2ccccc2)(c2ccccc2)c2ccccc2)n1. The maximum Gasteiger partial charge on any atom is 0.352 e. The van der Waals surface area contributed by atoms with Gasteiger partial charge in [0.25, 0.3) is 11.8 Å². The second kappa shape index (κ2) is 14.8. The number of carboxylic acids is 1. The van der Waals surface area contributed by atoms with E-state index in [0.717, 1.165) is 27.2 Å². The molecule has 3 N–H and O–H groups in total. The number of aliphatic carboxylic acids is 1. The molecule has 5 heterocycles. The number of anilines is 1. The van der Waals surface area contributed by atoms with Gasteiger partial charge in [0.15, 0.2) is 10.8 Å². The Morgan fingerprint density at radius 3 is 2.20 bits per heavy atom. The number of imidazole rings is 1. The third kappa shape index (κ3) is 6.25. The Bertz CT molecular complexity index is 2340. The van der Waals surface area contributed by atoms with Gasteiger partial charge in [-0.05, 0) is 28.3 Å². The van der Waals surface area contributed by atoms with Crippen molar-refractivity contribution >= 4 is 74.0 Å². The molecule has 2 aliphatic rings. The predicted molar refractivity (Wildman–Crippen MR) is 210 cm³/mol. The summed E-state index contributed by atoms with van der Waals surface area (Å²) in [6.07, 6.45) is 6.96. The van der Waals surface area contributed by atoms with Gasteiger partial charge in [0, 0.05) is 16.5 Å². The molecule has 270 valence electrons. The molecule has 0 saturated carbocycles. The van der Waals surface area contributed by atoms with Crippen molar-refractivity contribution in [2.75, 3.05) is 18.2 Å². The van der Waals surface area contributed by atoms with Crippen molar-refractivity contribution in [3.63, 3.8) is 0 Å². The summed E-state index contributed by atoms with van der Waals surface area (Å²) in [5.41, 5.74) is 3.43. The van der Waals surface area contributed by atoms with E-state index in [-0.39, 0.29) is 17.1 Å². The molecule has 2 atom stereocenters. The van der Waals surface area contributed by atoms with E-state index >= 15 is 0 Å². The van der Waals surface area contributed by atoms with Gasteiger partial charge in [-0.25, -0.2) is 14.8 Å². The van der Waals surface area contributed by atoms with Crippen LogP contribution >= 0.6 is 34.4 Å². The first-order valence-corrected chi connectivity index (χ1v) is 19.5. The Hall–Kier alpha value is -6.03. The minimum absolute atomic E-state index is 0.109. The van der Waals surface area contributed by atoms with Crippen LogP contribution in [0.3, 0.4) is 0 Å². The monoisotopic (exact) mass is 773 g/mol. The van der Waals surface area contributed by atoms with Gasteiger partial charge in [-0.15, -0.1) is 34.4 Å². The van der Waals surface area contributed by atoms with Crippen molar-refractivity contribution in [2.24, 2.45) is 5.16 Å². The van der Waals surface area contributed by atoms with Gasteiger partial charge in [0.05, 0.1) is 11.9 Å². The summed E-state index contributed by atoms with van der Waals surface area (Å²) in [6.45, 7) is 0. The molecular formula is C39H31N7O5S3. The Labute approximate surface area is 321 Å². The normalized spacial score (nSPS) is 17.4. The second-order valence-corrected chi connectivity index (χ2v) is 15.1. The van der Waals surface area contributed by atoms with Gasteiger partial charge in [-0.3, -0.25) is 18.9 Å². The zero-order chi connectivity index (χ0) is 37.2. The molecule has 3 aromatic carbocycles. The summed E-state index contributed by atoms with van der Waals surface area (Å²) in [5.74, 6) is -2.12. The van der Waals surface area contributed by atoms with Crippen molar-refractivity contribution in [1.82, 2.24) is 24.6 Å². The topological polar surface area (TPSA) is 151 Å². The van der Waals surface area contributed by atoms with E-state index in [2.05, 4.69) is 57.2 Å². The number of β-lactam (4-membered cyclic amide) rings is 1. The molecule has 2 aliphatic heterocycles. The Balaban J connectivity index is 1.04. The fraction of sp³-hybridized carbons (Fsp3) is 0.128. The van der Waals surface area contributed by atoms with Crippen molar-refractivity contribution in [2.45, 2.75) is 17.0 Å². The van der Waals surface area contributed by atoms with Crippen LogP contribution in [0.1, 0.15) is 28.1 Å². The lowest BCUT2D eigenvalue weighted by atomic mass is 9.77. The molecule has 0 bridgehead atoms. The highest BCUT2D eigenvalue weighted by atomic mass is 32.2. The number of thiazole rings is 2. The zero-order valence-corrected chi connectivity index (χ0v) is 31.0. The molecule has 3 aromatic heterocycles. The molecule has 1 saturated heterocycles. The average Bonchev–Trinajstić information content (AvgIpc) is 3.97. The van der Waals surface area contributed by atoms with Crippen LogP contribution in [-0.2, 0) is 24.8 Å². The number of hydrogen-bond acceptors (Lipinski definition) is 11. The van der Waals surface area contributed by atoms with Crippen molar-refractivity contribution in [3.05, 3.63) is 160 Å². The molecular weight excluding hydrogens is 743 g/mol. The minimum Gasteiger partial charge on any atom is -0.477 e. The van der Waals surface area contributed by atoms with Crippen molar-refractivity contribution in [1.29, 1.82) is 0 Å². The fourth-order valence-corrected chi connectivity index (χ4v) is 9.60. The third-order valence-corrected chi connectivity index (χ3v) is 12.1. The summed E-state index contributed by atoms with van der Waals surface area (Å²) in [4.78, 5) is 56.0. The average molecular weight is 774 g/mol. The van der Waals surface area contributed by atoms with E-state index in [4.69, 9.17) is 9.82 Å². The predicted octanol–water partition coefficient (Wildman–Crippen LogP) is 6.06. The molecule has 0 aliphatic carbocycles. The van der Waals surface area contributed by atoms with E-state index in [0.29, 0.717) is 16.5 Å². The van der Waals surface area contributed by atoms with E-state index < -0.39 is 34.7 Å². The van der Waals surface area contributed by atoms with Gasteiger partial charge in [-0.1, -0.05) is 102 Å². The van der Waals surface area contributed by atoms with Gasteiger partial charge in [-0.2, -0.15) is 0 Å². The highest BCUT2D eigenvalue weighted by molar-refractivity contribution is 8.00. The van der Waals surface area contributed by atoms with Crippen LogP contribution in [0, 0.1) is 0 Å². The van der Waals surface area contributed by atoms with Crippen molar-refractivity contribution in [3.8, 4) is 0 Å². The summed E-state index contributed by atoms with van der Waals surface area (Å²) in [7, 11) is 1.32. The number of carboxylic acid groups (broad SMARTS) is 1. The largest absolute Gasteiger partial charge is 0.477 e. The highest BCUT2D eigenvalue weighted by Gasteiger charge is 2.54. The number of nitrogens with one attached hydrogen (secondary N) is 2. The number of rotatable bonds is 12. The number of aromatic nitrogens is 3. The number of oxime groups is 1. The van der Waals surface area contributed by atoms with Crippen LogP contribution in [0.15, 0.2) is 137 Å². The Morgan fingerprint density at radius 2 is 1.59 bits per heavy atom. The number of amides is 2. The second-order valence-electron chi connectivity index (χ2n) is 12.3. The number of allylic oxidation sites excluding steroid dienone is 1. The van der Waals surface area contributed by atoms with E-state index in [1.807, 2.05) is 70.5 Å². The third-order valence-electron chi connectivity index (χ3n) is 9.18. The van der Waals surface area contributed by atoms with Crippen LogP contribution in [0.4, 0.5) is 5.13 Å². The maximum absolute atomic E-state index is 13.8. The minimum atomic E-state index is -1.22. The summed E-state index contributed by atoms with van der Waals surface area (Å²) >= 11 is 4.19. The molecule has 8 rings (SSSR count). The molecule has 12 nitrogen and oxygen atoms in total. The van der Waals surface area contributed by atoms with E-state index in [9.17, 15) is 19.5 Å². The first kappa shape index (κ1) is 35.0. The molecule has 15 heteroatoms. The molecule has 0 unspecified atom stereocenters. The number of carbonyl (C=O) groups is 3. The van der Waals surface area contributed by atoms with Crippen LogP contribution in [0.2, 0.25) is 0 Å². The fourth-order valence-electron chi connectivity index (χ4n) is 6.70. The van der Waals surface area contributed by atoms with Crippen LogP contribution in [0.5, 0.6) is 0 Å². The first-order valence-electron chi connectivity index (χ1n) is 16.7. The number of fused-ring (bicyclic) bond motifs is 2. The molecule has 2 amide bonds. The zero-order valence-electron chi connectivity index (χ0n) is 28.5. The summed E-state index contributed by atoms with van der Waals surface area (Å²) < 4.78 is 1.90. The lowest BCUT2D eigenvalue weighted by Crippen LogP contribution is -2.71. The molecule has 0 spiro atoms. The first-order chi connectivity index (χ1) is 26.4. The lowest BCUT2D eigenvalue weighted by molar-refractivity contribution is -0.150. The number of hydrogen-bond donors (Lipinski definition) is 3. The summed E-state index contributed by atoms with van der Waals surface area (Å²) in [5, 5.41) is 24.2. The number of carbonyl (C=O) groups excluding carboxylic acids is 2. The molecule has 6 aromatic rings. The number of thioether (sulfide) groups is 1. The van der Waals surface area contributed by atoms with Crippen molar-refractivity contribution < 1.29 is 24.3 Å². The van der Waals surface area contributed by atoms with Gasteiger partial charge >= 0.3 is 5.97 Å². The molecule has 0 radical (unpaired) electrons. The van der Waals surface area contributed by atoms with Gasteiger partial charge in [0.2, 0.25) is 0 Å². The van der Waals surface area contributed by atoms with E-state index in [1.54, 1.807) is 24.0 Å². The van der Waals surface area contributed by atoms with E-state index in [1.165, 1.54) is 46.4 Å². The maximum atomic E-state index is 13.8. The highest BCUT2D eigenvalue weighted by Crippen LogP contribution is 2.42. The van der Waals surface area contributed by atoms with Gasteiger partial charge < -0.3 is 20.6 Å². The number of benzene rings is 3.